The molecular formula is C32H30N6O4. The number of aromatic nitrogens is 3. The molecular weight excluding hydrogens is 532 g/mol. The zero-order valence-electron chi connectivity index (χ0n) is 23.4. The van der Waals surface area contributed by atoms with E-state index in [1.165, 1.54) is 16.0 Å². The summed E-state index contributed by atoms with van der Waals surface area (Å²) < 4.78 is 0. The summed E-state index contributed by atoms with van der Waals surface area (Å²) in [7, 11) is 0. The number of pyridine rings is 1. The van der Waals surface area contributed by atoms with Crippen LogP contribution >= 0.6 is 0 Å². The van der Waals surface area contributed by atoms with Crippen LogP contribution in [0.2, 0.25) is 0 Å². The molecule has 212 valence electrons. The maximum atomic E-state index is 14.3. The van der Waals surface area contributed by atoms with Crippen LogP contribution in [0, 0.1) is 13.8 Å². The molecule has 42 heavy (non-hydrogen) atoms. The first kappa shape index (κ1) is 27.2. The number of aryl methyl sites for hydroxylation is 2. The number of anilines is 2. The van der Waals surface area contributed by atoms with Crippen LogP contribution in [0.1, 0.15) is 40.2 Å². The van der Waals surface area contributed by atoms with Crippen LogP contribution in [0.4, 0.5) is 16.3 Å². The number of carboxylic acid groups (broad SMARTS) is 1. The van der Waals surface area contributed by atoms with Gasteiger partial charge in [-0.25, -0.2) is 19.5 Å². The fourth-order valence-electron chi connectivity index (χ4n) is 5.80. The van der Waals surface area contributed by atoms with Gasteiger partial charge in [-0.3, -0.25) is 24.6 Å². The van der Waals surface area contributed by atoms with E-state index in [0.29, 0.717) is 49.7 Å². The van der Waals surface area contributed by atoms with Crippen molar-refractivity contribution in [1.29, 1.82) is 0 Å². The molecule has 1 spiro atoms. The lowest BCUT2D eigenvalue weighted by Gasteiger charge is -2.41. The third-order valence-electron chi connectivity index (χ3n) is 8.15. The van der Waals surface area contributed by atoms with E-state index < -0.39 is 17.5 Å². The van der Waals surface area contributed by atoms with Gasteiger partial charge in [-0.05, 0) is 73.7 Å². The molecule has 0 unspecified atom stereocenters. The number of carbonyl (C=O) groups is 3. The monoisotopic (exact) mass is 562 g/mol. The first-order valence-corrected chi connectivity index (χ1v) is 13.8. The Morgan fingerprint density at radius 1 is 0.929 bits per heavy atom. The fourth-order valence-corrected chi connectivity index (χ4v) is 5.80. The van der Waals surface area contributed by atoms with Crippen LogP contribution in [-0.2, 0) is 11.3 Å². The Morgan fingerprint density at radius 3 is 2.21 bits per heavy atom. The van der Waals surface area contributed by atoms with Gasteiger partial charge in [0.05, 0.1) is 28.8 Å². The van der Waals surface area contributed by atoms with Crippen molar-refractivity contribution >= 4 is 29.4 Å². The third kappa shape index (κ3) is 4.79. The number of amides is 3. The maximum Gasteiger partial charge on any atom is 0.338 e. The lowest BCUT2D eigenvalue weighted by molar-refractivity contribution is -0.123. The minimum atomic E-state index is -1.08. The third-order valence-corrected chi connectivity index (χ3v) is 8.15. The molecule has 0 atom stereocenters. The van der Waals surface area contributed by atoms with Crippen LogP contribution in [0.3, 0.4) is 0 Å². The summed E-state index contributed by atoms with van der Waals surface area (Å²) in [6, 6.07) is 17.2. The minimum Gasteiger partial charge on any atom is -0.478 e. The van der Waals surface area contributed by atoms with E-state index in [1.54, 1.807) is 48.8 Å². The number of hydrogen-bond acceptors (Lipinski definition) is 7. The van der Waals surface area contributed by atoms with Gasteiger partial charge < -0.3 is 5.11 Å². The average Bonchev–Trinajstić information content (AvgIpc) is 3.20. The van der Waals surface area contributed by atoms with Gasteiger partial charge in [0.25, 0.3) is 5.91 Å². The van der Waals surface area contributed by atoms with Gasteiger partial charge in [0.1, 0.15) is 5.54 Å². The largest absolute Gasteiger partial charge is 0.478 e. The Bertz CT molecular complexity index is 1660. The van der Waals surface area contributed by atoms with Gasteiger partial charge in [0.2, 0.25) is 0 Å². The van der Waals surface area contributed by atoms with Crippen molar-refractivity contribution in [2.75, 3.05) is 22.9 Å². The highest BCUT2D eigenvalue weighted by Gasteiger charge is 2.59. The van der Waals surface area contributed by atoms with Crippen molar-refractivity contribution in [1.82, 2.24) is 19.9 Å². The van der Waals surface area contributed by atoms with E-state index in [2.05, 4.69) is 19.9 Å². The molecule has 1 N–H and O–H groups in total. The normalized spacial score (nSPS) is 16.8. The Balaban J connectivity index is 1.30. The van der Waals surface area contributed by atoms with E-state index in [9.17, 15) is 19.5 Å². The zero-order valence-corrected chi connectivity index (χ0v) is 23.4. The number of benzene rings is 2. The van der Waals surface area contributed by atoms with E-state index >= 15 is 0 Å². The number of carboxylic acids is 1. The van der Waals surface area contributed by atoms with E-state index in [0.717, 1.165) is 22.4 Å². The lowest BCUT2D eigenvalue weighted by atomic mass is 9.85. The number of aromatic carboxylic acids is 1. The zero-order chi connectivity index (χ0) is 29.4. The topological polar surface area (TPSA) is 120 Å². The number of imide groups is 1. The molecule has 0 saturated carbocycles. The number of piperidine rings is 1. The molecule has 2 fully saturated rings. The summed E-state index contributed by atoms with van der Waals surface area (Å²) in [6.07, 6.45) is 5.85. The Kier molecular flexibility index (Phi) is 6.99. The predicted molar refractivity (Wildman–Crippen MR) is 157 cm³/mol. The van der Waals surface area contributed by atoms with Crippen molar-refractivity contribution in [2.24, 2.45) is 0 Å². The number of hydrogen-bond donors (Lipinski definition) is 1. The summed E-state index contributed by atoms with van der Waals surface area (Å²) in [6.45, 7) is 5.75. The summed E-state index contributed by atoms with van der Waals surface area (Å²) >= 11 is 0. The number of urea groups is 1. The predicted octanol–water partition coefficient (Wildman–Crippen LogP) is 4.86. The minimum absolute atomic E-state index is 0.203. The van der Waals surface area contributed by atoms with E-state index in [-0.39, 0.29) is 11.5 Å². The molecule has 4 aromatic rings. The second kappa shape index (κ2) is 10.8. The van der Waals surface area contributed by atoms with Gasteiger partial charge in [0.15, 0.2) is 5.82 Å². The molecule has 3 amide bonds. The van der Waals surface area contributed by atoms with Crippen molar-refractivity contribution in [3.8, 4) is 11.1 Å². The quantitative estimate of drug-likeness (QED) is 0.331. The molecule has 0 bridgehead atoms. The molecule has 2 aliphatic heterocycles. The Morgan fingerprint density at radius 2 is 1.60 bits per heavy atom. The molecule has 2 aromatic carbocycles. The first-order chi connectivity index (χ1) is 20.3. The van der Waals surface area contributed by atoms with E-state index in [1.807, 2.05) is 38.1 Å². The molecule has 2 saturated heterocycles. The van der Waals surface area contributed by atoms with Gasteiger partial charge in [-0.15, -0.1) is 0 Å². The highest BCUT2D eigenvalue weighted by molar-refractivity contribution is 6.30. The van der Waals surface area contributed by atoms with Crippen LogP contribution in [-0.4, -0.2) is 61.5 Å². The summed E-state index contributed by atoms with van der Waals surface area (Å²) in [5.74, 6) is -0.902. The summed E-state index contributed by atoms with van der Waals surface area (Å²) in [4.78, 5) is 58.0. The van der Waals surface area contributed by atoms with Gasteiger partial charge in [-0.2, -0.15) is 0 Å². The van der Waals surface area contributed by atoms with Crippen LogP contribution in [0.15, 0.2) is 79.3 Å². The Hall–Kier alpha value is -4.96. The second-order valence-electron chi connectivity index (χ2n) is 10.8. The highest BCUT2D eigenvalue weighted by Crippen LogP contribution is 2.42. The number of carbonyl (C=O) groups excluding carboxylic acids is 2. The molecule has 0 aliphatic carbocycles. The molecule has 2 aliphatic rings. The first-order valence-electron chi connectivity index (χ1n) is 13.8. The SMILES string of the molecule is Cc1cncc(N2C(=O)N(c3ccc(-c4ccc(C(=O)O)cc4)cc3)C(=O)C23CCN(Cc2ncccc2C)CC3)n1. The Labute approximate surface area is 243 Å². The molecule has 10 nitrogen and oxygen atoms in total. The smallest absolute Gasteiger partial charge is 0.338 e. The molecule has 6 rings (SSSR count). The summed E-state index contributed by atoms with van der Waals surface area (Å²) in [5, 5.41) is 9.18. The molecule has 2 aromatic heterocycles. The van der Waals surface area contributed by atoms with Crippen LogP contribution < -0.4 is 9.80 Å². The average molecular weight is 563 g/mol. The molecule has 4 heterocycles. The summed E-state index contributed by atoms with van der Waals surface area (Å²) in [5.41, 5.74) is 4.03. The van der Waals surface area contributed by atoms with Gasteiger partial charge in [0, 0.05) is 32.0 Å². The van der Waals surface area contributed by atoms with Crippen molar-refractivity contribution in [2.45, 2.75) is 38.8 Å². The second-order valence-corrected chi connectivity index (χ2v) is 10.8. The maximum absolute atomic E-state index is 14.3. The number of rotatable bonds is 6. The highest BCUT2D eigenvalue weighted by atomic mass is 16.4. The van der Waals surface area contributed by atoms with Crippen molar-refractivity contribution < 1.29 is 19.5 Å². The van der Waals surface area contributed by atoms with Crippen molar-refractivity contribution in [3.63, 3.8) is 0 Å². The van der Waals surface area contributed by atoms with Crippen molar-refractivity contribution in [3.05, 3.63) is 102 Å². The standard InChI is InChI=1S/C32H30N6O4/c1-21-4-3-15-34-27(21)20-36-16-13-32(14-17-36)30(41)37(31(42)38(32)28-19-33-18-22(2)35-28)26-11-9-24(10-12-26)23-5-7-25(8-6-23)29(39)40/h3-12,15,18-19H,13-14,16-17,20H2,1-2H3,(H,39,40). The lowest BCUT2D eigenvalue weighted by Crippen LogP contribution is -2.57. The van der Waals surface area contributed by atoms with Gasteiger partial charge in [-0.1, -0.05) is 30.3 Å². The fraction of sp³-hybridized carbons (Fsp3) is 0.250. The number of nitrogens with zero attached hydrogens (tertiary/aromatic N) is 6. The number of likely N-dealkylation sites (tertiary alicyclic amines) is 1. The molecule has 10 heteroatoms. The van der Waals surface area contributed by atoms with Crippen LogP contribution in [0.5, 0.6) is 0 Å². The van der Waals surface area contributed by atoms with Crippen LogP contribution in [0.25, 0.3) is 11.1 Å². The van der Waals surface area contributed by atoms with Gasteiger partial charge >= 0.3 is 12.0 Å². The molecule has 0 radical (unpaired) electrons. The van der Waals surface area contributed by atoms with E-state index in [4.69, 9.17) is 0 Å².